The van der Waals surface area contributed by atoms with Gasteiger partial charge in [0.25, 0.3) is 0 Å². The van der Waals surface area contributed by atoms with Gasteiger partial charge in [0.15, 0.2) is 0 Å². The van der Waals surface area contributed by atoms with Crippen molar-refractivity contribution < 1.29 is 17.2 Å². The molecule has 1 heterocycles. The Balaban J connectivity index is 1.98. The van der Waals surface area contributed by atoms with Crippen LogP contribution in [0.3, 0.4) is 0 Å². The fourth-order valence-electron chi connectivity index (χ4n) is 1.90. The molecule has 1 N–H and O–H groups in total. The first-order valence-corrected chi connectivity index (χ1v) is 8.57. The zero-order valence-corrected chi connectivity index (χ0v) is 11.8. The minimum atomic E-state index is -4.49. The number of nitrogens with one attached hydrogen (secondary N) is 1. The van der Waals surface area contributed by atoms with Crippen LogP contribution in [0.4, 0.5) is 14.5 Å². The first-order valence-electron chi connectivity index (χ1n) is 5.98. The van der Waals surface area contributed by atoms with Gasteiger partial charge in [0.1, 0.15) is 0 Å². The maximum Gasteiger partial charge on any atom is 0.341 e. The second kappa shape index (κ2) is 6.09. The molecule has 0 aromatic heterocycles. The highest BCUT2D eigenvalue weighted by Crippen LogP contribution is 2.26. The van der Waals surface area contributed by atoms with Gasteiger partial charge in [-0.05, 0) is 42.9 Å². The first kappa shape index (κ1) is 14.6. The molecule has 3 nitrogen and oxygen atoms in total. The molecule has 1 aliphatic rings. The van der Waals surface area contributed by atoms with E-state index >= 15 is 0 Å². The lowest BCUT2D eigenvalue weighted by molar-refractivity contribution is 0.234. The molecular formula is C12H15F2NO2S2. The van der Waals surface area contributed by atoms with Crippen LogP contribution in [-0.4, -0.2) is 31.7 Å². The van der Waals surface area contributed by atoms with Gasteiger partial charge in [0.2, 0.25) is 9.84 Å². The fourth-order valence-corrected chi connectivity index (χ4v) is 3.82. The smallest absolute Gasteiger partial charge is 0.341 e. The van der Waals surface area contributed by atoms with Crippen LogP contribution in [0.5, 0.6) is 0 Å². The van der Waals surface area contributed by atoms with Crippen molar-refractivity contribution in [3.8, 4) is 0 Å². The number of hydrogen-bond donors (Lipinski definition) is 1. The topological polar surface area (TPSA) is 46.2 Å². The van der Waals surface area contributed by atoms with Crippen molar-refractivity contribution in [2.75, 3.05) is 17.6 Å². The Morgan fingerprint density at radius 3 is 2.53 bits per heavy atom. The summed E-state index contributed by atoms with van der Waals surface area (Å²) in [6, 6.07) is 5.47. The summed E-state index contributed by atoms with van der Waals surface area (Å²) in [4.78, 5) is -0.344. The SMILES string of the molecule is O=S(=O)(c1ccc(NCC2CCCS2)cc1)C(F)F. The molecule has 0 amide bonds. The largest absolute Gasteiger partial charge is 0.384 e. The van der Waals surface area contributed by atoms with E-state index in [1.807, 2.05) is 11.8 Å². The van der Waals surface area contributed by atoms with Gasteiger partial charge in [-0.2, -0.15) is 20.5 Å². The standard InChI is InChI=1S/C12H15F2NO2S2/c13-12(14)19(16,17)11-5-3-9(4-6-11)15-8-10-2-1-7-18-10/h3-6,10,12,15H,1-2,7-8H2. The van der Waals surface area contributed by atoms with E-state index in [1.54, 1.807) is 0 Å². The van der Waals surface area contributed by atoms with Crippen LogP contribution < -0.4 is 5.32 Å². The second-order valence-electron chi connectivity index (χ2n) is 4.35. The predicted molar refractivity (Wildman–Crippen MR) is 73.6 cm³/mol. The van der Waals surface area contributed by atoms with Crippen molar-refractivity contribution in [1.82, 2.24) is 0 Å². The molecule has 7 heteroatoms. The van der Waals surface area contributed by atoms with E-state index in [1.165, 1.54) is 42.9 Å². The average molecular weight is 307 g/mol. The van der Waals surface area contributed by atoms with E-state index in [4.69, 9.17) is 0 Å². The van der Waals surface area contributed by atoms with Gasteiger partial charge in [-0.1, -0.05) is 0 Å². The number of benzene rings is 1. The zero-order chi connectivity index (χ0) is 13.9. The summed E-state index contributed by atoms with van der Waals surface area (Å²) in [5, 5.41) is 3.76. The van der Waals surface area contributed by atoms with Crippen LogP contribution in [0.25, 0.3) is 0 Å². The van der Waals surface area contributed by atoms with E-state index in [2.05, 4.69) is 5.32 Å². The van der Waals surface area contributed by atoms with Crippen molar-refractivity contribution >= 4 is 27.3 Å². The molecule has 1 saturated heterocycles. The normalized spacial score (nSPS) is 19.8. The Kier molecular flexibility index (Phi) is 4.67. The van der Waals surface area contributed by atoms with E-state index in [0.29, 0.717) is 5.25 Å². The zero-order valence-electron chi connectivity index (χ0n) is 10.2. The molecule has 0 radical (unpaired) electrons. The minimum Gasteiger partial charge on any atom is -0.384 e. The fraction of sp³-hybridized carbons (Fsp3) is 0.500. The summed E-state index contributed by atoms with van der Waals surface area (Å²) in [5.74, 6) is -2.20. The van der Waals surface area contributed by atoms with Crippen molar-refractivity contribution in [1.29, 1.82) is 0 Å². The van der Waals surface area contributed by atoms with Gasteiger partial charge in [-0.25, -0.2) is 8.42 Å². The van der Waals surface area contributed by atoms with Gasteiger partial charge >= 0.3 is 5.76 Å². The van der Waals surface area contributed by atoms with Crippen molar-refractivity contribution in [2.24, 2.45) is 0 Å². The van der Waals surface area contributed by atoms with Crippen LogP contribution in [0.1, 0.15) is 12.8 Å². The molecule has 2 rings (SSSR count). The third-order valence-corrected chi connectivity index (χ3v) is 5.77. The third-order valence-electron chi connectivity index (χ3n) is 2.98. The third kappa shape index (κ3) is 3.60. The summed E-state index contributed by atoms with van der Waals surface area (Å²) in [6.45, 7) is 0.811. The summed E-state index contributed by atoms with van der Waals surface area (Å²) in [7, 11) is -4.49. The maximum atomic E-state index is 12.3. The molecule has 1 fully saturated rings. The highest BCUT2D eigenvalue weighted by Gasteiger charge is 2.26. The Labute approximate surface area is 115 Å². The quantitative estimate of drug-likeness (QED) is 0.908. The Hall–Kier alpha value is -0.820. The number of rotatable bonds is 5. The van der Waals surface area contributed by atoms with Crippen molar-refractivity contribution in [2.45, 2.75) is 28.7 Å². The van der Waals surface area contributed by atoms with Gasteiger partial charge in [0, 0.05) is 17.5 Å². The summed E-state index contributed by atoms with van der Waals surface area (Å²) >= 11 is 1.92. The molecule has 1 aromatic carbocycles. The van der Waals surface area contributed by atoms with Crippen molar-refractivity contribution in [3.63, 3.8) is 0 Å². The number of hydrogen-bond acceptors (Lipinski definition) is 4. The highest BCUT2D eigenvalue weighted by molar-refractivity contribution is 8.00. The summed E-state index contributed by atoms with van der Waals surface area (Å²) in [5.41, 5.74) is 0.751. The molecular weight excluding hydrogens is 292 g/mol. The van der Waals surface area contributed by atoms with E-state index in [9.17, 15) is 17.2 Å². The monoisotopic (exact) mass is 307 g/mol. The summed E-state index contributed by atoms with van der Waals surface area (Å²) in [6.07, 6.45) is 2.40. The number of anilines is 1. The molecule has 1 aromatic rings. The molecule has 0 spiro atoms. The number of thioether (sulfide) groups is 1. The number of sulfone groups is 1. The Morgan fingerprint density at radius 1 is 1.32 bits per heavy atom. The van der Waals surface area contributed by atoms with E-state index in [0.717, 1.165) is 12.2 Å². The van der Waals surface area contributed by atoms with E-state index in [-0.39, 0.29) is 4.90 Å². The molecule has 0 bridgehead atoms. The maximum absolute atomic E-state index is 12.3. The Morgan fingerprint density at radius 2 is 2.00 bits per heavy atom. The molecule has 0 saturated carbocycles. The highest BCUT2D eigenvalue weighted by atomic mass is 32.2. The van der Waals surface area contributed by atoms with Crippen LogP contribution in [-0.2, 0) is 9.84 Å². The van der Waals surface area contributed by atoms with Gasteiger partial charge in [-0.15, -0.1) is 0 Å². The van der Waals surface area contributed by atoms with Crippen LogP contribution in [0, 0.1) is 0 Å². The molecule has 0 aliphatic carbocycles. The van der Waals surface area contributed by atoms with Crippen LogP contribution in [0.2, 0.25) is 0 Å². The molecule has 1 atom stereocenters. The minimum absolute atomic E-state index is 0.344. The number of halogens is 2. The van der Waals surface area contributed by atoms with Crippen LogP contribution in [0.15, 0.2) is 29.2 Å². The van der Waals surface area contributed by atoms with Gasteiger partial charge in [-0.3, -0.25) is 0 Å². The first-order chi connectivity index (χ1) is 9.00. The molecule has 106 valence electrons. The molecule has 1 unspecified atom stereocenters. The Bertz CT molecular complexity index is 511. The predicted octanol–water partition coefficient (Wildman–Crippen LogP) is 2.99. The lowest BCUT2D eigenvalue weighted by Gasteiger charge is -2.11. The van der Waals surface area contributed by atoms with Crippen molar-refractivity contribution in [3.05, 3.63) is 24.3 Å². The number of alkyl halides is 2. The molecule has 19 heavy (non-hydrogen) atoms. The van der Waals surface area contributed by atoms with Crippen LogP contribution >= 0.6 is 11.8 Å². The second-order valence-corrected chi connectivity index (χ2v) is 7.67. The lowest BCUT2D eigenvalue weighted by Crippen LogP contribution is -2.14. The molecule has 1 aliphatic heterocycles. The lowest BCUT2D eigenvalue weighted by atomic mass is 10.2. The summed E-state index contributed by atoms with van der Waals surface area (Å²) < 4.78 is 47.2. The average Bonchev–Trinajstić information content (AvgIpc) is 2.90. The van der Waals surface area contributed by atoms with Gasteiger partial charge in [0.05, 0.1) is 4.90 Å². The van der Waals surface area contributed by atoms with Gasteiger partial charge < -0.3 is 5.32 Å². The van der Waals surface area contributed by atoms with E-state index < -0.39 is 15.6 Å².